The number of hydrogen-bond donors (Lipinski definition) is 2. The van der Waals surface area contributed by atoms with Gasteiger partial charge < -0.3 is 24.8 Å². The Labute approximate surface area is 181 Å². The van der Waals surface area contributed by atoms with E-state index >= 15 is 0 Å². The van der Waals surface area contributed by atoms with Crippen molar-refractivity contribution in [3.05, 3.63) is 47.4 Å². The van der Waals surface area contributed by atoms with E-state index in [1.165, 1.54) is 19.2 Å². The monoisotopic (exact) mass is 429 g/mol. The first-order chi connectivity index (χ1) is 15.1. The first-order valence-electron chi connectivity index (χ1n) is 10.7. The number of carbonyl (C=O) groups is 1. The summed E-state index contributed by atoms with van der Waals surface area (Å²) in [5, 5.41) is 12.5. The lowest BCUT2D eigenvalue weighted by molar-refractivity contribution is 0.0945. The van der Waals surface area contributed by atoms with Crippen LogP contribution < -0.4 is 19.7 Å². The largest absolute Gasteiger partial charge is 0.494 e. The Morgan fingerprint density at radius 3 is 2.87 bits per heavy atom. The van der Waals surface area contributed by atoms with Crippen LogP contribution in [0.15, 0.2) is 30.5 Å². The van der Waals surface area contributed by atoms with Crippen molar-refractivity contribution in [2.75, 3.05) is 31.8 Å². The molecule has 0 spiro atoms. The lowest BCUT2D eigenvalue weighted by Gasteiger charge is -2.25. The number of methoxy groups -OCH3 is 1. The van der Waals surface area contributed by atoms with Gasteiger partial charge in [0.2, 0.25) is 5.88 Å². The van der Waals surface area contributed by atoms with E-state index in [-0.39, 0.29) is 30.9 Å². The predicted molar refractivity (Wildman–Crippen MR) is 114 cm³/mol. The smallest absolute Gasteiger partial charge is 0.257 e. The summed E-state index contributed by atoms with van der Waals surface area (Å²) in [6, 6.07) is 6.38. The topological polar surface area (TPSA) is 83.9 Å². The molecule has 1 amide bonds. The van der Waals surface area contributed by atoms with Gasteiger partial charge in [0.1, 0.15) is 5.56 Å². The molecule has 1 unspecified atom stereocenters. The number of aromatic nitrogens is 1. The van der Waals surface area contributed by atoms with Crippen molar-refractivity contribution in [1.82, 2.24) is 10.3 Å². The van der Waals surface area contributed by atoms with Crippen molar-refractivity contribution >= 4 is 11.6 Å². The van der Waals surface area contributed by atoms with E-state index in [4.69, 9.17) is 9.47 Å². The van der Waals surface area contributed by atoms with Crippen molar-refractivity contribution in [2.45, 2.75) is 38.3 Å². The van der Waals surface area contributed by atoms with Crippen LogP contribution in [-0.2, 0) is 6.54 Å². The first-order valence-corrected chi connectivity index (χ1v) is 10.7. The van der Waals surface area contributed by atoms with Crippen LogP contribution in [0.4, 0.5) is 10.1 Å². The highest BCUT2D eigenvalue weighted by Gasteiger charge is 2.27. The molecule has 0 bridgehead atoms. The number of ether oxygens (including phenoxy) is 2. The average Bonchev–Trinajstić information content (AvgIpc) is 3.50. The molecule has 1 saturated heterocycles. The Hall–Kier alpha value is -2.87. The number of nitrogens with zero attached hydrogens (tertiary/aromatic N) is 2. The molecule has 1 aliphatic heterocycles. The number of anilines is 1. The van der Waals surface area contributed by atoms with E-state index in [2.05, 4.69) is 15.2 Å². The Morgan fingerprint density at radius 1 is 1.32 bits per heavy atom. The zero-order chi connectivity index (χ0) is 21.8. The summed E-state index contributed by atoms with van der Waals surface area (Å²) >= 11 is 0. The van der Waals surface area contributed by atoms with Crippen LogP contribution in [0.25, 0.3) is 0 Å². The average molecular weight is 429 g/mol. The number of carbonyl (C=O) groups excluding carboxylic acids is 1. The minimum absolute atomic E-state index is 0.0261. The summed E-state index contributed by atoms with van der Waals surface area (Å²) in [6.45, 7) is 1.57. The van der Waals surface area contributed by atoms with E-state index in [0.29, 0.717) is 29.5 Å². The van der Waals surface area contributed by atoms with Gasteiger partial charge in [-0.25, -0.2) is 9.37 Å². The van der Waals surface area contributed by atoms with Gasteiger partial charge in [-0.1, -0.05) is 6.07 Å². The van der Waals surface area contributed by atoms with Gasteiger partial charge in [-0.2, -0.15) is 0 Å². The van der Waals surface area contributed by atoms with Gasteiger partial charge in [-0.05, 0) is 55.4 Å². The minimum atomic E-state index is -0.476. The highest BCUT2D eigenvalue weighted by atomic mass is 19.1. The maximum absolute atomic E-state index is 13.9. The molecular formula is C23H28FN3O4. The van der Waals surface area contributed by atoms with Crippen molar-refractivity contribution < 1.29 is 23.8 Å². The molecule has 1 aliphatic carbocycles. The van der Waals surface area contributed by atoms with Crippen molar-refractivity contribution in [1.29, 1.82) is 0 Å². The molecule has 2 fully saturated rings. The van der Waals surface area contributed by atoms with Crippen LogP contribution in [0.2, 0.25) is 0 Å². The highest BCUT2D eigenvalue weighted by Crippen LogP contribution is 2.32. The molecule has 1 aromatic carbocycles. The Morgan fingerprint density at radius 2 is 2.16 bits per heavy atom. The maximum atomic E-state index is 13.9. The molecule has 7 nitrogen and oxygen atoms in total. The summed E-state index contributed by atoms with van der Waals surface area (Å²) in [4.78, 5) is 19.5. The number of nitrogens with one attached hydrogen (secondary N) is 1. The summed E-state index contributed by atoms with van der Waals surface area (Å²) in [5.74, 6) is 0.171. The molecular weight excluding hydrogens is 401 g/mol. The maximum Gasteiger partial charge on any atom is 0.257 e. The second kappa shape index (κ2) is 9.51. The van der Waals surface area contributed by atoms with E-state index in [9.17, 15) is 14.3 Å². The molecule has 2 aromatic rings. The van der Waals surface area contributed by atoms with Gasteiger partial charge in [-0.15, -0.1) is 0 Å². The second-order valence-corrected chi connectivity index (χ2v) is 8.12. The molecule has 4 rings (SSSR count). The fraction of sp³-hybridized carbons (Fsp3) is 0.478. The normalized spacial score (nSPS) is 18.2. The van der Waals surface area contributed by atoms with E-state index in [0.717, 1.165) is 37.9 Å². The molecule has 0 radical (unpaired) electrons. The van der Waals surface area contributed by atoms with Crippen molar-refractivity contribution in [3.8, 4) is 11.6 Å². The summed E-state index contributed by atoms with van der Waals surface area (Å²) in [5.41, 5.74) is 1.75. The van der Waals surface area contributed by atoms with Crippen molar-refractivity contribution in [2.24, 2.45) is 5.92 Å². The summed E-state index contributed by atoms with van der Waals surface area (Å²) in [6.07, 6.45) is 5.85. The lowest BCUT2D eigenvalue weighted by Crippen LogP contribution is -2.32. The molecule has 2 aliphatic rings. The zero-order valence-corrected chi connectivity index (χ0v) is 17.6. The van der Waals surface area contributed by atoms with Crippen LogP contribution in [0.3, 0.4) is 0 Å². The van der Waals surface area contributed by atoms with Crippen molar-refractivity contribution in [3.63, 3.8) is 0 Å². The van der Waals surface area contributed by atoms with Gasteiger partial charge in [0.15, 0.2) is 11.6 Å². The second-order valence-electron chi connectivity index (χ2n) is 8.12. The Bertz CT molecular complexity index is 935. The Balaban J connectivity index is 1.52. The van der Waals surface area contributed by atoms with Gasteiger partial charge >= 0.3 is 0 Å². The van der Waals surface area contributed by atoms with E-state index < -0.39 is 5.82 Å². The standard InChI is InChI=1S/C23H28FN3O4/c1-30-21-7-6-16(9-20(21)24)11-25-22(29)19-10-18(27-8-2-3-17(27)13-28)12-26-23(19)31-14-15-4-5-15/h6-7,9-10,12,15,17,28H,2-5,8,11,13-14H2,1H3,(H,25,29). The van der Waals surface area contributed by atoms with E-state index in [1.54, 1.807) is 18.3 Å². The van der Waals surface area contributed by atoms with Crippen LogP contribution in [0, 0.1) is 11.7 Å². The van der Waals surface area contributed by atoms with E-state index in [1.807, 2.05) is 0 Å². The minimum Gasteiger partial charge on any atom is -0.494 e. The van der Waals surface area contributed by atoms with Gasteiger partial charge in [0, 0.05) is 13.1 Å². The Kier molecular flexibility index (Phi) is 6.56. The van der Waals surface area contributed by atoms with Crippen LogP contribution in [0.5, 0.6) is 11.6 Å². The number of halogens is 1. The number of aliphatic hydroxyl groups excluding tert-OH is 1. The van der Waals surface area contributed by atoms with Crippen LogP contribution in [-0.4, -0.2) is 48.9 Å². The highest BCUT2D eigenvalue weighted by molar-refractivity contribution is 5.97. The van der Waals surface area contributed by atoms with Gasteiger partial charge in [0.25, 0.3) is 5.91 Å². The van der Waals surface area contributed by atoms with Gasteiger partial charge in [0.05, 0.1) is 38.2 Å². The molecule has 2 heterocycles. The SMILES string of the molecule is COc1ccc(CNC(=O)c2cc(N3CCCC3CO)cnc2OCC2CC2)cc1F. The quantitative estimate of drug-likeness (QED) is 0.638. The van der Waals surface area contributed by atoms with Gasteiger partial charge in [-0.3, -0.25) is 4.79 Å². The number of aliphatic hydroxyl groups is 1. The zero-order valence-electron chi connectivity index (χ0n) is 17.6. The fourth-order valence-corrected chi connectivity index (χ4v) is 3.82. The third kappa shape index (κ3) is 5.07. The third-order valence-corrected chi connectivity index (χ3v) is 5.82. The fourth-order valence-electron chi connectivity index (χ4n) is 3.82. The molecule has 31 heavy (non-hydrogen) atoms. The molecule has 1 aromatic heterocycles. The van der Waals surface area contributed by atoms with Crippen LogP contribution >= 0.6 is 0 Å². The summed E-state index contributed by atoms with van der Waals surface area (Å²) in [7, 11) is 1.41. The molecule has 1 atom stereocenters. The first kappa shape index (κ1) is 21.4. The lowest BCUT2D eigenvalue weighted by atomic mass is 10.1. The predicted octanol–water partition coefficient (Wildman–Crippen LogP) is 2.91. The molecule has 8 heteroatoms. The molecule has 166 valence electrons. The van der Waals surface area contributed by atoms with Crippen LogP contribution in [0.1, 0.15) is 41.6 Å². The summed E-state index contributed by atoms with van der Waals surface area (Å²) < 4.78 is 24.7. The molecule has 1 saturated carbocycles. The molecule has 2 N–H and O–H groups in total. The number of pyridine rings is 1. The number of hydrogen-bond acceptors (Lipinski definition) is 6. The number of rotatable bonds is 9. The number of amides is 1. The third-order valence-electron chi connectivity index (χ3n) is 5.82. The number of benzene rings is 1.